The molecule has 0 fully saturated rings. The maximum absolute atomic E-state index is 6.30. The van der Waals surface area contributed by atoms with Crippen LogP contribution in [0.25, 0.3) is 88.6 Å². The van der Waals surface area contributed by atoms with Gasteiger partial charge in [0.1, 0.15) is 5.52 Å². The minimum absolute atomic E-state index is 0.617. The lowest BCUT2D eigenvalue weighted by atomic mass is 9.92. The first-order valence-corrected chi connectivity index (χ1v) is 15.8. The Morgan fingerprint density at radius 3 is 1.79 bits per heavy atom. The molecule has 0 saturated carbocycles. The van der Waals surface area contributed by atoms with E-state index in [1.54, 1.807) is 6.20 Å². The van der Waals surface area contributed by atoms with Gasteiger partial charge in [-0.05, 0) is 103 Å². The first-order chi connectivity index (χ1) is 23.3. The number of pyridine rings is 1. The number of hydrogen-bond donors (Lipinski definition) is 0. The van der Waals surface area contributed by atoms with Gasteiger partial charge >= 0.3 is 0 Å². The fraction of sp³-hybridized carbons (Fsp3) is 0. The SMILES string of the molecule is c1cncc(-c2cccc(-c3ccc(-c4nc5ccc(-c6ccc(-c7cc8ccccc8c8ccccc78)cc6)cc5o4)cc3)c2)c1. The van der Waals surface area contributed by atoms with Crippen LogP contribution in [-0.2, 0) is 0 Å². The van der Waals surface area contributed by atoms with Crippen molar-refractivity contribution < 1.29 is 4.42 Å². The van der Waals surface area contributed by atoms with Crippen LogP contribution in [-0.4, -0.2) is 9.97 Å². The second-order valence-corrected chi connectivity index (χ2v) is 11.9. The number of nitrogens with zero attached hydrogens (tertiary/aromatic N) is 2. The summed E-state index contributed by atoms with van der Waals surface area (Å²) in [5.74, 6) is 0.617. The Labute approximate surface area is 272 Å². The lowest BCUT2D eigenvalue weighted by Crippen LogP contribution is -1.85. The largest absolute Gasteiger partial charge is 0.436 e. The molecule has 0 aliphatic rings. The summed E-state index contributed by atoms with van der Waals surface area (Å²) in [7, 11) is 0. The van der Waals surface area contributed by atoms with Crippen LogP contribution in [0.15, 0.2) is 175 Å². The molecule has 0 aliphatic heterocycles. The van der Waals surface area contributed by atoms with Gasteiger partial charge in [0.05, 0.1) is 0 Å². The molecule has 0 spiro atoms. The molecule has 3 nitrogen and oxygen atoms in total. The molecule has 0 saturated heterocycles. The van der Waals surface area contributed by atoms with Crippen molar-refractivity contribution in [2.45, 2.75) is 0 Å². The lowest BCUT2D eigenvalue weighted by molar-refractivity contribution is 0.620. The quantitative estimate of drug-likeness (QED) is 0.185. The van der Waals surface area contributed by atoms with E-state index in [-0.39, 0.29) is 0 Å². The molecule has 0 N–H and O–H groups in total. The summed E-state index contributed by atoms with van der Waals surface area (Å²) >= 11 is 0. The third-order valence-electron chi connectivity index (χ3n) is 9.01. The fourth-order valence-electron chi connectivity index (χ4n) is 6.58. The molecule has 7 aromatic carbocycles. The molecule has 0 unspecified atom stereocenters. The van der Waals surface area contributed by atoms with E-state index >= 15 is 0 Å². The predicted molar refractivity (Wildman–Crippen MR) is 194 cm³/mol. The number of benzene rings is 7. The van der Waals surface area contributed by atoms with Crippen molar-refractivity contribution >= 4 is 32.6 Å². The van der Waals surface area contributed by atoms with E-state index in [1.807, 2.05) is 18.3 Å². The number of rotatable bonds is 5. The van der Waals surface area contributed by atoms with Crippen molar-refractivity contribution in [2.75, 3.05) is 0 Å². The van der Waals surface area contributed by atoms with Crippen LogP contribution in [0.2, 0.25) is 0 Å². The third kappa shape index (κ3) is 4.95. The van der Waals surface area contributed by atoms with Gasteiger partial charge in [0.25, 0.3) is 0 Å². The highest BCUT2D eigenvalue weighted by molar-refractivity contribution is 6.13. The average Bonchev–Trinajstić information content (AvgIpc) is 3.59. The highest BCUT2D eigenvalue weighted by atomic mass is 16.3. The third-order valence-corrected chi connectivity index (χ3v) is 9.01. The molecule has 2 aromatic heterocycles. The van der Waals surface area contributed by atoms with Crippen molar-refractivity contribution in [2.24, 2.45) is 0 Å². The minimum atomic E-state index is 0.617. The summed E-state index contributed by atoms with van der Waals surface area (Å²) in [5, 5.41) is 5.08. The molecule has 220 valence electrons. The zero-order valence-electron chi connectivity index (χ0n) is 25.5. The minimum Gasteiger partial charge on any atom is -0.436 e. The zero-order valence-corrected chi connectivity index (χ0v) is 25.5. The topological polar surface area (TPSA) is 38.9 Å². The molecule has 0 atom stereocenters. The van der Waals surface area contributed by atoms with Crippen LogP contribution in [0.3, 0.4) is 0 Å². The smallest absolute Gasteiger partial charge is 0.227 e. The molecule has 0 radical (unpaired) electrons. The first-order valence-electron chi connectivity index (χ1n) is 15.8. The van der Waals surface area contributed by atoms with E-state index in [0.717, 1.165) is 50.0 Å². The van der Waals surface area contributed by atoms with E-state index in [2.05, 4.69) is 151 Å². The molecule has 9 rings (SSSR count). The molecule has 0 bridgehead atoms. The number of fused-ring (bicyclic) bond motifs is 4. The Morgan fingerprint density at radius 1 is 0.404 bits per heavy atom. The standard InChI is InChI=1S/C44H28N2O/c1-2-11-38-36(7-1)26-41(40-13-4-3-12-39(38)40)31-18-14-30(15-19-31)35-22-23-42-43(27-35)47-44(46-42)32-20-16-29(17-21-32)33-8-5-9-34(25-33)37-10-6-24-45-28-37/h1-28H. The van der Waals surface area contributed by atoms with Gasteiger partial charge in [-0.2, -0.15) is 0 Å². The van der Waals surface area contributed by atoms with Crippen molar-refractivity contribution in [3.63, 3.8) is 0 Å². The van der Waals surface area contributed by atoms with Crippen LogP contribution in [0.1, 0.15) is 0 Å². The first kappa shape index (κ1) is 27.0. The molecule has 0 aliphatic carbocycles. The Bertz CT molecular complexity index is 2550. The average molecular weight is 601 g/mol. The molecule has 47 heavy (non-hydrogen) atoms. The second kappa shape index (κ2) is 11.2. The van der Waals surface area contributed by atoms with Gasteiger partial charge in [0, 0.05) is 23.5 Å². The maximum atomic E-state index is 6.30. The molecule has 2 heterocycles. The van der Waals surface area contributed by atoms with Crippen molar-refractivity contribution in [3.05, 3.63) is 170 Å². The molecular weight excluding hydrogens is 572 g/mol. The summed E-state index contributed by atoms with van der Waals surface area (Å²) in [4.78, 5) is 9.07. The van der Waals surface area contributed by atoms with Gasteiger partial charge in [-0.3, -0.25) is 4.98 Å². The molecule has 9 aromatic rings. The van der Waals surface area contributed by atoms with E-state index in [1.165, 1.54) is 32.7 Å². The van der Waals surface area contributed by atoms with Crippen LogP contribution < -0.4 is 0 Å². The summed E-state index contributed by atoms with van der Waals surface area (Å²) in [6.45, 7) is 0. The van der Waals surface area contributed by atoms with Crippen LogP contribution in [0.4, 0.5) is 0 Å². The zero-order chi connectivity index (χ0) is 31.2. The maximum Gasteiger partial charge on any atom is 0.227 e. The second-order valence-electron chi connectivity index (χ2n) is 11.9. The molecule has 0 amide bonds. The highest BCUT2D eigenvalue weighted by Gasteiger charge is 2.12. The van der Waals surface area contributed by atoms with E-state index < -0.39 is 0 Å². The van der Waals surface area contributed by atoms with Crippen molar-refractivity contribution in [3.8, 4) is 56.0 Å². The highest BCUT2D eigenvalue weighted by Crippen LogP contribution is 2.36. The Morgan fingerprint density at radius 2 is 1.02 bits per heavy atom. The van der Waals surface area contributed by atoms with E-state index in [0.29, 0.717) is 5.89 Å². The predicted octanol–water partition coefficient (Wildman–Crippen LogP) is 11.9. The number of aromatic nitrogens is 2. The van der Waals surface area contributed by atoms with Crippen molar-refractivity contribution in [1.29, 1.82) is 0 Å². The summed E-state index contributed by atoms with van der Waals surface area (Å²) < 4.78 is 6.30. The monoisotopic (exact) mass is 600 g/mol. The summed E-state index contributed by atoms with van der Waals surface area (Å²) in [6, 6.07) is 55.6. The van der Waals surface area contributed by atoms with Gasteiger partial charge < -0.3 is 4.42 Å². The molecule has 3 heteroatoms. The van der Waals surface area contributed by atoms with Crippen LogP contribution in [0, 0.1) is 0 Å². The Balaban J connectivity index is 0.995. The summed E-state index contributed by atoms with van der Waals surface area (Å²) in [6.07, 6.45) is 3.69. The van der Waals surface area contributed by atoms with Crippen LogP contribution >= 0.6 is 0 Å². The fourth-order valence-corrected chi connectivity index (χ4v) is 6.58. The lowest BCUT2D eigenvalue weighted by Gasteiger charge is -2.11. The van der Waals surface area contributed by atoms with Gasteiger partial charge in [0.15, 0.2) is 5.58 Å². The Hall–Kier alpha value is -6.32. The Kier molecular flexibility index (Phi) is 6.46. The van der Waals surface area contributed by atoms with E-state index in [9.17, 15) is 0 Å². The van der Waals surface area contributed by atoms with Gasteiger partial charge in [0.2, 0.25) is 5.89 Å². The van der Waals surface area contributed by atoms with E-state index in [4.69, 9.17) is 9.40 Å². The van der Waals surface area contributed by atoms with Gasteiger partial charge in [-0.25, -0.2) is 4.98 Å². The van der Waals surface area contributed by atoms with Gasteiger partial charge in [-0.1, -0.05) is 115 Å². The molecular formula is C44H28N2O. The summed E-state index contributed by atoms with van der Waals surface area (Å²) in [5.41, 5.74) is 11.8. The van der Waals surface area contributed by atoms with Crippen molar-refractivity contribution in [1.82, 2.24) is 9.97 Å². The normalized spacial score (nSPS) is 11.4. The number of oxazole rings is 1. The van der Waals surface area contributed by atoms with Crippen LogP contribution in [0.5, 0.6) is 0 Å². The van der Waals surface area contributed by atoms with Gasteiger partial charge in [-0.15, -0.1) is 0 Å². The number of hydrogen-bond acceptors (Lipinski definition) is 3.